The Morgan fingerprint density at radius 1 is 1.35 bits per heavy atom. The number of halogens is 1. The standard InChI is InChI=1S/C14H18FNO4/c15-10-1-3-12(4-2-10)20-8-14(19)16-11-5-9(7-17)13(18)6-11/h1-4,9,11,13,17-18H,5-8H2,(H,16,19)/t9-,11-,13-/m1/s1. The lowest BCUT2D eigenvalue weighted by atomic mass is 10.1. The zero-order chi connectivity index (χ0) is 14.5. The highest BCUT2D eigenvalue weighted by Crippen LogP contribution is 2.25. The molecule has 1 aliphatic carbocycles. The zero-order valence-electron chi connectivity index (χ0n) is 11.0. The number of benzene rings is 1. The van der Waals surface area contributed by atoms with Crippen molar-refractivity contribution >= 4 is 5.91 Å². The van der Waals surface area contributed by atoms with Gasteiger partial charge in [-0.25, -0.2) is 4.39 Å². The van der Waals surface area contributed by atoms with E-state index >= 15 is 0 Å². The number of hydrogen-bond acceptors (Lipinski definition) is 4. The van der Waals surface area contributed by atoms with Crippen LogP contribution in [0.1, 0.15) is 12.8 Å². The van der Waals surface area contributed by atoms with Crippen molar-refractivity contribution in [2.24, 2.45) is 5.92 Å². The highest BCUT2D eigenvalue weighted by Gasteiger charge is 2.33. The minimum absolute atomic E-state index is 0.0837. The maximum Gasteiger partial charge on any atom is 0.258 e. The van der Waals surface area contributed by atoms with Gasteiger partial charge in [0.1, 0.15) is 11.6 Å². The Balaban J connectivity index is 1.74. The molecule has 0 saturated heterocycles. The number of rotatable bonds is 5. The third kappa shape index (κ3) is 3.91. The van der Waals surface area contributed by atoms with Gasteiger partial charge in [0.25, 0.3) is 5.91 Å². The predicted molar refractivity (Wildman–Crippen MR) is 69.6 cm³/mol. The van der Waals surface area contributed by atoms with Crippen LogP contribution in [-0.2, 0) is 4.79 Å². The van der Waals surface area contributed by atoms with E-state index in [1.165, 1.54) is 24.3 Å². The fourth-order valence-electron chi connectivity index (χ4n) is 2.37. The first kappa shape index (κ1) is 14.7. The Bertz CT molecular complexity index is 451. The number of aliphatic hydroxyl groups excluding tert-OH is 2. The highest BCUT2D eigenvalue weighted by molar-refractivity contribution is 5.77. The first-order valence-corrected chi connectivity index (χ1v) is 6.55. The van der Waals surface area contributed by atoms with Crippen molar-refractivity contribution in [3.8, 4) is 5.75 Å². The zero-order valence-corrected chi connectivity index (χ0v) is 11.0. The summed E-state index contributed by atoms with van der Waals surface area (Å²) in [4.78, 5) is 11.7. The molecule has 0 bridgehead atoms. The van der Waals surface area contributed by atoms with Crippen molar-refractivity contribution in [3.63, 3.8) is 0 Å². The van der Waals surface area contributed by atoms with Gasteiger partial charge in [-0.05, 0) is 37.1 Å². The number of carbonyl (C=O) groups excluding carboxylic acids is 1. The third-order valence-corrected chi connectivity index (χ3v) is 3.44. The van der Waals surface area contributed by atoms with E-state index < -0.39 is 6.10 Å². The fraction of sp³-hybridized carbons (Fsp3) is 0.500. The number of ether oxygens (including phenoxy) is 1. The molecule has 0 unspecified atom stereocenters. The van der Waals surface area contributed by atoms with E-state index in [1.54, 1.807) is 0 Å². The molecule has 1 aromatic carbocycles. The van der Waals surface area contributed by atoms with Gasteiger partial charge in [-0.2, -0.15) is 0 Å². The average molecular weight is 283 g/mol. The molecule has 1 amide bonds. The molecule has 2 rings (SSSR count). The molecular formula is C14H18FNO4. The minimum Gasteiger partial charge on any atom is -0.484 e. The van der Waals surface area contributed by atoms with Crippen LogP contribution >= 0.6 is 0 Å². The summed E-state index contributed by atoms with van der Waals surface area (Å²) in [6.07, 6.45) is 0.413. The molecule has 0 aromatic heterocycles. The Morgan fingerprint density at radius 2 is 2.05 bits per heavy atom. The van der Waals surface area contributed by atoms with Crippen molar-refractivity contribution in [2.45, 2.75) is 25.0 Å². The number of hydrogen-bond donors (Lipinski definition) is 3. The van der Waals surface area contributed by atoms with Crippen molar-refractivity contribution < 1.29 is 24.1 Å². The highest BCUT2D eigenvalue weighted by atomic mass is 19.1. The van der Waals surface area contributed by atoms with Gasteiger partial charge in [-0.15, -0.1) is 0 Å². The van der Waals surface area contributed by atoms with Crippen LogP contribution < -0.4 is 10.1 Å². The maximum atomic E-state index is 12.7. The minimum atomic E-state index is -0.580. The topological polar surface area (TPSA) is 78.8 Å². The predicted octanol–water partition coefficient (Wildman–Crippen LogP) is 0.452. The van der Waals surface area contributed by atoms with E-state index in [1.807, 2.05) is 0 Å². The van der Waals surface area contributed by atoms with Crippen LogP contribution in [0.5, 0.6) is 5.75 Å². The van der Waals surface area contributed by atoms with Crippen LogP contribution in [0, 0.1) is 11.7 Å². The second-order valence-electron chi connectivity index (χ2n) is 4.99. The normalized spacial score (nSPS) is 25.4. The van der Waals surface area contributed by atoms with Gasteiger partial charge in [0, 0.05) is 18.6 Å². The number of amides is 1. The fourth-order valence-corrected chi connectivity index (χ4v) is 2.37. The van der Waals surface area contributed by atoms with Gasteiger partial charge in [-0.1, -0.05) is 0 Å². The molecule has 3 N–H and O–H groups in total. The lowest BCUT2D eigenvalue weighted by Crippen LogP contribution is -2.36. The van der Waals surface area contributed by atoms with Gasteiger partial charge in [0.05, 0.1) is 6.10 Å². The van der Waals surface area contributed by atoms with Crippen molar-refractivity contribution in [1.82, 2.24) is 5.32 Å². The summed E-state index contributed by atoms with van der Waals surface area (Å²) >= 11 is 0. The Kier molecular flexibility index (Phi) is 4.92. The molecule has 1 aromatic rings. The molecule has 5 nitrogen and oxygen atoms in total. The molecule has 20 heavy (non-hydrogen) atoms. The molecule has 3 atom stereocenters. The van der Waals surface area contributed by atoms with E-state index in [9.17, 15) is 14.3 Å². The van der Waals surface area contributed by atoms with Crippen LogP contribution in [0.3, 0.4) is 0 Å². The van der Waals surface area contributed by atoms with E-state index in [2.05, 4.69) is 5.32 Å². The van der Waals surface area contributed by atoms with Crippen molar-refractivity contribution in [3.05, 3.63) is 30.1 Å². The summed E-state index contributed by atoms with van der Waals surface area (Å²) in [5, 5.41) is 21.4. The van der Waals surface area contributed by atoms with E-state index in [0.717, 1.165) is 0 Å². The summed E-state index contributed by atoms with van der Waals surface area (Å²) in [6.45, 7) is -0.248. The summed E-state index contributed by atoms with van der Waals surface area (Å²) in [7, 11) is 0. The molecule has 1 aliphatic rings. The van der Waals surface area contributed by atoms with Gasteiger partial charge < -0.3 is 20.3 Å². The second kappa shape index (κ2) is 6.67. The number of nitrogens with one attached hydrogen (secondary N) is 1. The molecule has 6 heteroatoms. The molecule has 0 aliphatic heterocycles. The van der Waals surface area contributed by atoms with Crippen LogP contribution in [0.15, 0.2) is 24.3 Å². The van der Waals surface area contributed by atoms with E-state index in [-0.39, 0.29) is 36.9 Å². The van der Waals surface area contributed by atoms with Gasteiger partial charge >= 0.3 is 0 Å². The average Bonchev–Trinajstić information content (AvgIpc) is 2.78. The van der Waals surface area contributed by atoms with Crippen LogP contribution in [0.4, 0.5) is 4.39 Å². The summed E-state index contributed by atoms with van der Waals surface area (Å²) in [5.74, 6) is -0.429. The maximum absolute atomic E-state index is 12.7. The van der Waals surface area contributed by atoms with Crippen LogP contribution in [0.2, 0.25) is 0 Å². The van der Waals surface area contributed by atoms with E-state index in [0.29, 0.717) is 18.6 Å². The first-order valence-electron chi connectivity index (χ1n) is 6.55. The lowest BCUT2D eigenvalue weighted by molar-refractivity contribution is -0.123. The monoisotopic (exact) mass is 283 g/mol. The first-order chi connectivity index (χ1) is 9.58. The largest absolute Gasteiger partial charge is 0.484 e. The number of aliphatic hydroxyl groups is 2. The SMILES string of the molecule is O=C(COc1ccc(F)cc1)N[C@@H]1C[C@H](CO)[C@H](O)C1. The van der Waals surface area contributed by atoms with Crippen LogP contribution in [-0.4, -0.2) is 41.5 Å². The quantitative estimate of drug-likeness (QED) is 0.733. The molecular weight excluding hydrogens is 265 g/mol. The van der Waals surface area contributed by atoms with Crippen molar-refractivity contribution in [1.29, 1.82) is 0 Å². The second-order valence-corrected chi connectivity index (χ2v) is 4.99. The molecule has 0 spiro atoms. The van der Waals surface area contributed by atoms with Gasteiger partial charge in [-0.3, -0.25) is 4.79 Å². The number of carbonyl (C=O) groups is 1. The summed E-state index contributed by atoms with van der Waals surface area (Å²) in [5.41, 5.74) is 0. The smallest absolute Gasteiger partial charge is 0.258 e. The Morgan fingerprint density at radius 3 is 2.65 bits per heavy atom. The van der Waals surface area contributed by atoms with E-state index in [4.69, 9.17) is 9.84 Å². The molecule has 0 radical (unpaired) electrons. The summed E-state index contributed by atoms with van der Waals surface area (Å²) < 4.78 is 17.9. The molecule has 1 fully saturated rings. The summed E-state index contributed by atoms with van der Waals surface area (Å²) in [6, 6.07) is 5.26. The Labute approximate surface area is 116 Å². The van der Waals surface area contributed by atoms with Crippen molar-refractivity contribution in [2.75, 3.05) is 13.2 Å². The lowest BCUT2D eigenvalue weighted by Gasteiger charge is -2.13. The molecule has 1 saturated carbocycles. The molecule has 110 valence electrons. The third-order valence-electron chi connectivity index (χ3n) is 3.44. The van der Waals surface area contributed by atoms with Gasteiger partial charge in [0.15, 0.2) is 6.61 Å². The Hall–Kier alpha value is -1.66. The van der Waals surface area contributed by atoms with Crippen LogP contribution in [0.25, 0.3) is 0 Å². The molecule has 0 heterocycles. The van der Waals surface area contributed by atoms with Gasteiger partial charge in [0.2, 0.25) is 0 Å².